The van der Waals surface area contributed by atoms with Crippen molar-refractivity contribution in [2.45, 2.75) is 69.7 Å². The maximum Gasteiger partial charge on any atom is 0.303 e. The van der Waals surface area contributed by atoms with E-state index in [-0.39, 0.29) is 12.5 Å². The van der Waals surface area contributed by atoms with Crippen molar-refractivity contribution in [2.24, 2.45) is 5.92 Å². The Morgan fingerprint density at radius 3 is 2.54 bits per heavy atom. The molecule has 1 aromatic rings. The molecule has 2 N–H and O–H groups in total. The first-order valence-electron chi connectivity index (χ1n) is 9.25. The normalized spacial score (nSPS) is 20.4. The highest BCUT2D eigenvalue weighted by Gasteiger charge is 2.24. The average Bonchev–Trinajstić information content (AvgIpc) is 2.60. The maximum atomic E-state index is 12.1. The fourth-order valence-corrected chi connectivity index (χ4v) is 4.27. The van der Waals surface area contributed by atoms with Gasteiger partial charge in [0.05, 0.1) is 4.90 Å². The molecule has 5 nitrogen and oxygen atoms in total. The quantitative estimate of drug-likeness (QED) is 0.543. The molecule has 0 saturated heterocycles. The molecule has 1 fully saturated rings. The lowest BCUT2D eigenvalue weighted by Gasteiger charge is -2.27. The number of hydrogen-bond donors (Lipinski definition) is 2. The molecule has 0 aromatic heterocycles. The van der Waals surface area contributed by atoms with Gasteiger partial charge < -0.3 is 5.11 Å². The molecule has 26 heavy (non-hydrogen) atoms. The second-order valence-electron chi connectivity index (χ2n) is 6.76. The van der Waals surface area contributed by atoms with Gasteiger partial charge in [-0.1, -0.05) is 50.1 Å². The largest absolute Gasteiger partial charge is 0.481 e. The van der Waals surface area contributed by atoms with Gasteiger partial charge in [0.2, 0.25) is 10.0 Å². The summed E-state index contributed by atoms with van der Waals surface area (Å²) in [4.78, 5) is 10.3. The van der Waals surface area contributed by atoms with E-state index >= 15 is 0 Å². The highest BCUT2D eigenvalue weighted by Crippen LogP contribution is 2.24. The summed E-state index contributed by atoms with van der Waals surface area (Å²) in [6.07, 6.45) is 10.0. The number of benzene rings is 1. The topological polar surface area (TPSA) is 83.5 Å². The first-order chi connectivity index (χ1) is 12.3. The maximum absolute atomic E-state index is 12.1. The molecule has 0 spiro atoms. The van der Waals surface area contributed by atoms with Crippen molar-refractivity contribution >= 4 is 16.0 Å². The van der Waals surface area contributed by atoms with Crippen molar-refractivity contribution in [1.29, 1.82) is 0 Å². The monoisotopic (exact) mass is 381 g/mol. The highest BCUT2D eigenvalue weighted by molar-refractivity contribution is 7.89. The molecular formula is C20H31NO4S. The number of allylic oxidation sites excluding steroid dienone is 2. The number of sulfonamides is 1. The fraction of sp³-hybridized carbons (Fsp3) is 0.550. The molecule has 1 aliphatic carbocycles. The Morgan fingerprint density at radius 1 is 1.27 bits per heavy atom. The zero-order chi connectivity index (χ0) is 19.4. The lowest BCUT2D eigenvalue weighted by molar-refractivity contribution is -0.137. The van der Waals surface area contributed by atoms with Crippen LogP contribution in [0.5, 0.6) is 0 Å². The van der Waals surface area contributed by atoms with Crippen molar-refractivity contribution in [2.75, 3.05) is 0 Å². The van der Waals surface area contributed by atoms with Crippen LogP contribution in [0, 0.1) is 5.92 Å². The van der Waals surface area contributed by atoms with Crippen molar-refractivity contribution in [3.05, 3.63) is 42.5 Å². The number of aliphatic carboxylic acids is 1. The minimum Gasteiger partial charge on any atom is -0.481 e. The second kappa shape index (κ2) is 11.9. The van der Waals surface area contributed by atoms with Crippen LogP contribution >= 0.6 is 0 Å². The number of carboxylic acid groups (broad SMARTS) is 1. The third kappa shape index (κ3) is 9.15. The van der Waals surface area contributed by atoms with Gasteiger partial charge in [-0.3, -0.25) is 4.79 Å². The van der Waals surface area contributed by atoms with Gasteiger partial charge in [0.1, 0.15) is 0 Å². The standard InChI is InChI=1S/C13H19NO2S.C7H12O2/c1-11-6-5-7-12(10-11)14-17(15,16)13-8-3-2-4-9-13;1-2-3-4-5-6-7(8)9/h2-4,8-9,11-12,14H,5-7,10H2,1H3;2-3H,4-6H2,1H3,(H,8,9)/b;3-2-/t11-,12?;/m0./s1. The molecular weight excluding hydrogens is 350 g/mol. The third-order valence-corrected chi connectivity index (χ3v) is 5.85. The third-order valence-electron chi connectivity index (χ3n) is 4.31. The summed E-state index contributed by atoms with van der Waals surface area (Å²) in [5.41, 5.74) is 0. The summed E-state index contributed by atoms with van der Waals surface area (Å²) in [6, 6.07) is 8.69. The van der Waals surface area contributed by atoms with E-state index in [0.717, 1.165) is 32.1 Å². The number of rotatable bonds is 7. The Balaban J connectivity index is 0.000000321. The second-order valence-corrected chi connectivity index (χ2v) is 8.47. The zero-order valence-corrected chi connectivity index (χ0v) is 16.5. The van der Waals surface area contributed by atoms with Gasteiger partial charge in [-0.25, -0.2) is 13.1 Å². The van der Waals surface area contributed by atoms with E-state index in [9.17, 15) is 13.2 Å². The summed E-state index contributed by atoms with van der Waals surface area (Å²) in [5, 5.41) is 8.19. The van der Waals surface area contributed by atoms with Crippen LogP contribution in [0.25, 0.3) is 0 Å². The first kappa shape index (κ1) is 22.4. The fourth-order valence-electron chi connectivity index (χ4n) is 2.97. The molecule has 0 heterocycles. The number of carbonyl (C=O) groups is 1. The predicted octanol–water partition coefficient (Wildman–Crippen LogP) is 4.36. The van der Waals surface area contributed by atoms with Crippen LogP contribution in [0.1, 0.15) is 58.8 Å². The van der Waals surface area contributed by atoms with Crippen molar-refractivity contribution < 1.29 is 18.3 Å². The lowest BCUT2D eigenvalue weighted by Crippen LogP contribution is -2.37. The molecule has 1 saturated carbocycles. The Morgan fingerprint density at radius 2 is 1.96 bits per heavy atom. The number of unbranched alkanes of at least 4 members (excludes halogenated alkanes) is 1. The van der Waals surface area contributed by atoms with Gasteiger partial charge in [-0.15, -0.1) is 0 Å². The summed E-state index contributed by atoms with van der Waals surface area (Å²) in [5.74, 6) is -0.0910. The van der Waals surface area contributed by atoms with Gasteiger partial charge in [0.15, 0.2) is 0 Å². The summed E-state index contributed by atoms with van der Waals surface area (Å²) >= 11 is 0. The van der Waals surface area contributed by atoms with Gasteiger partial charge in [0, 0.05) is 12.5 Å². The zero-order valence-electron chi connectivity index (χ0n) is 15.7. The SMILES string of the molecule is C/C=C\CCCC(=O)O.C[C@H]1CCCC(NS(=O)(=O)c2ccccc2)C1. The summed E-state index contributed by atoms with van der Waals surface area (Å²) < 4.78 is 27.0. The van der Waals surface area contributed by atoms with Gasteiger partial charge in [-0.05, 0) is 50.7 Å². The number of nitrogens with one attached hydrogen (secondary N) is 1. The molecule has 1 aromatic carbocycles. The van der Waals surface area contributed by atoms with Crippen LogP contribution in [0.4, 0.5) is 0 Å². The van der Waals surface area contributed by atoms with E-state index in [2.05, 4.69) is 11.6 Å². The van der Waals surface area contributed by atoms with E-state index in [1.807, 2.05) is 25.1 Å². The minimum atomic E-state index is -3.33. The van der Waals surface area contributed by atoms with E-state index in [4.69, 9.17) is 5.11 Å². The minimum absolute atomic E-state index is 0.101. The van der Waals surface area contributed by atoms with Crippen molar-refractivity contribution in [1.82, 2.24) is 4.72 Å². The molecule has 6 heteroatoms. The molecule has 146 valence electrons. The first-order valence-corrected chi connectivity index (χ1v) is 10.7. The lowest BCUT2D eigenvalue weighted by atomic mass is 9.88. The smallest absolute Gasteiger partial charge is 0.303 e. The van der Waals surface area contributed by atoms with Gasteiger partial charge >= 0.3 is 5.97 Å². The van der Waals surface area contributed by atoms with E-state index in [1.54, 1.807) is 24.3 Å². The summed E-state index contributed by atoms with van der Waals surface area (Å²) in [7, 11) is -3.33. The van der Waals surface area contributed by atoms with Crippen LogP contribution in [0.15, 0.2) is 47.4 Å². The Bertz CT molecular complexity index is 656. The molecule has 2 rings (SSSR count). The van der Waals surface area contributed by atoms with E-state index in [0.29, 0.717) is 10.8 Å². The summed E-state index contributed by atoms with van der Waals surface area (Å²) in [6.45, 7) is 4.11. The number of hydrogen-bond acceptors (Lipinski definition) is 3. The van der Waals surface area contributed by atoms with E-state index < -0.39 is 16.0 Å². The molecule has 1 unspecified atom stereocenters. The van der Waals surface area contributed by atoms with Crippen molar-refractivity contribution in [3.63, 3.8) is 0 Å². The Kier molecular flexibility index (Phi) is 10.2. The van der Waals surface area contributed by atoms with Crippen LogP contribution in [0.3, 0.4) is 0 Å². The average molecular weight is 382 g/mol. The van der Waals surface area contributed by atoms with Crippen LogP contribution < -0.4 is 4.72 Å². The molecule has 2 atom stereocenters. The molecule has 0 aliphatic heterocycles. The van der Waals surface area contributed by atoms with Crippen molar-refractivity contribution in [3.8, 4) is 0 Å². The Hall–Kier alpha value is -1.66. The molecule has 0 bridgehead atoms. The van der Waals surface area contributed by atoms with E-state index in [1.165, 1.54) is 6.42 Å². The molecule has 0 radical (unpaired) electrons. The number of carboxylic acids is 1. The molecule has 0 amide bonds. The highest BCUT2D eigenvalue weighted by atomic mass is 32.2. The van der Waals surface area contributed by atoms with Crippen LogP contribution in [-0.2, 0) is 14.8 Å². The van der Waals surface area contributed by atoms with Gasteiger partial charge in [-0.2, -0.15) is 0 Å². The predicted molar refractivity (Wildman–Crippen MR) is 104 cm³/mol. The van der Waals surface area contributed by atoms with Crippen LogP contribution in [-0.4, -0.2) is 25.5 Å². The van der Waals surface area contributed by atoms with Gasteiger partial charge in [0.25, 0.3) is 0 Å². The van der Waals surface area contributed by atoms with Crippen LogP contribution in [0.2, 0.25) is 0 Å². The molecule has 1 aliphatic rings. The Labute approximate surface area is 157 Å².